The molecule has 0 aromatic heterocycles. The lowest BCUT2D eigenvalue weighted by Crippen LogP contribution is -2.50. The molecule has 6 nitrogen and oxygen atoms in total. The Balaban J connectivity index is 1.62. The van der Waals surface area contributed by atoms with E-state index in [0.717, 1.165) is 0 Å². The number of carbonyl (C=O) groups excluding carboxylic acids is 2. The van der Waals surface area contributed by atoms with E-state index in [1.54, 1.807) is 36.3 Å². The number of nitrogens with zero attached hydrogens (tertiary/aromatic N) is 2. The average Bonchev–Trinajstić information content (AvgIpc) is 2.68. The van der Waals surface area contributed by atoms with Gasteiger partial charge in [-0.05, 0) is 37.3 Å². The van der Waals surface area contributed by atoms with Crippen LogP contribution in [0.15, 0.2) is 42.5 Å². The number of ether oxygens (including phenoxy) is 1. The highest BCUT2D eigenvalue weighted by molar-refractivity contribution is 5.94. The van der Waals surface area contributed by atoms with Crippen molar-refractivity contribution in [3.63, 3.8) is 0 Å². The Hall–Kier alpha value is -3.09. The molecule has 1 heterocycles. The van der Waals surface area contributed by atoms with Crippen molar-refractivity contribution in [2.45, 2.75) is 6.92 Å². The molecule has 1 aliphatic rings. The van der Waals surface area contributed by atoms with Gasteiger partial charge in [-0.1, -0.05) is 12.1 Å². The third-order valence-electron chi connectivity index (χ3n) is 4.61. The summed E-state index contributed by atoms with van der Waals surface area (Å²) in [7, 11) is 1.55. The van der Waals surface area contributed by atoms with Crippen LogP contribution in [-0.4, -0.2) is 50.0 Å². The summed E-state index contributed by atoms with van der Waals surface area (Å²) < 4.78 is 19.6. The minimum atomic E-state index is -0.422. The van der Waals surface area contributed by atoms with Gasteiger partial charge in [0, 0.05) is 31.7 Å². The Morgan fingerprint density at radius 2 is 1.78 bits per heavy atom. The Labute approximate surface area is 157 Å². The highest BCUT2D eigenvalue weighted by Gasteiger charge is 2.23. The number of rotatable bonds is 4. The molecule has 27 heavy (non-hydrogen) atoms. The zero-order valence-corrected chi connectivity index (χ0v) is 15.4. The summed E-state index contributed by atoms with van der Waals surface area (Å²) in [6.07, 6.45) is 0. The number of piperazine rings is 1. The second-order valence-corrected chi connectivity index (χ2v) is 6.33. The molecule has 2 aromatic carbocycles. The Morgan fingerprint density at radius 1 is 1.07 bits per heavy atom. The molecule has 0 spiro atoms. The van der Waals surface area contributed by atoms with Crippen molar-refractivity contribution in [2.75, 3.05) is 43.5 Å². The van der Waals surface area contributed by atoms with Gasteiger partial charge in [-0.25, -0.2) is 9.18 Å². The second kappa shape index (κ2) is 8.07. The smallest absolute Gasteiger partial charge is 0.322 e. The SMILES string of the molecule is COc1ccccc1NC(=O)N1CCN(c2ccc(C(C)=O)cc2F)CC1. The van der Waals surface area contributed by atoms with Gasteiger partial charge in [0.2, 0.25) is 0 Å². The van der Waals surface area contributed by atoms with Gasteiger partial charge in [0.05, 0.1) is 18.5 Å². The Kier molecular flexibility index (Phi) is 5.59. The first kappa shape index (κ1) is 18.7. The fourth-order valence-electron chi connectivity index (χ4n) is 3.07. The molecule has 2 aromatic rings. The Morgan fingerprint density at radius 3 is 2.41 bits per heavy atom. The predicted molar refractivity (Wildman–Crippen MR) is 102 cm³/mol. The number of ketones is 1. The largest absolute Gasteiger partial charge is 0.495 e. The number of hydrogen-bond acceptors (Lipinski definition) is 4. The van der Waals surface area contributed by atoms with E-state index in [0.29, 0.717) is 48.9 Å². The monoisotopic (exact) mass is 371 g/mol. The summed E-state index contributed by atoms with van der Waals surface area (Å²) in [6.45, 7) is 3.36. The molecule has 2 amide bonds. The van der Waals surface area contributed by atoms with E-state index in [4.69, 9.17) is 4.74 Å². The van der Waals surface area contributed by atoms with Crippen molar-refractivity contribution >= 4 is 23.2 Å². The van der Waals surface area contributed by atoms with Gasteiger partial charge in [-0.15, -0.1) is 0 Å². The molecule has 0 radical (unpaired) electrons. The highest BCUT2D eigenvalue weighted by atomic mass is 19.1. The summed E-state index contributed by atoms with van der Waals surface area (Å²) >= 11 is 0. The standard InChI is InChI=1S/C20H22FN3O3/c1-14(25)15-7-8-18(16(21)13-15)23-9-11-24(12-10-23)20(26)22-17-5-3-4-6-19(17)27-2/h3-8,13H,9-12H2,1-2H3,(H,22,26). The molecular formula is C20H22FN3O3. The molecule has 142 valence electrons. The molecule has 1 fully saturated rings. The van der Waals surface area contributed by atoms with Crippen molar-refractivity contribution in [3.8, 4) is 5.75 Å². The summed E-state index contributed by atoms with van der Waals surface area (Å²) in [5.41, 5.74) is 1.41. The molecule has 1 aliphatic heterocycles. The normalized spacial score (nSPS) is 14.0. The van der Waals surface area contributed by atoms with Crippen molar-refractivity contribution in [2.24, 2.45) is 0 Å². The maximum absolute atomic E-state index is 14.3. The number of para-hydroxylation sites is 2. The van der Waals surface area contributed by atoms with Gasteiger partial charge in [0.15, 0.2) is 5.78 Å². The first-order chi connectivity index (χ1) is 13.0. The van der Waals surface area contributed by atoms with Crippen LogP contribution in [-0.2, 0) is 0 Å². The minimum Gasteiger partial charge on any atom is -0.495 e. The third-order valence-corrected chi connectivity index (χ3v) is 4.61. The van der Waals surface area contributed by atoms with Crippen LogP contribution in [0.4, 0.5) is 20.6 Å². The lowest BCUT2D eigenvalue weighted by Gasteiger charge is -2.36. The maximum atomic E-state index is 14.3. The van der Waals surface area contributed by atoms with Gasteiger partial charge in [-0.3, -0.25) is 4.79 Å². The predicted octanol–water partition coefficient (Wildman–Crippen LogP) is 3.39. The van der Waals surface area contributed by atoms with Gasteiger partial charge in [0.25, 0.3) is 0 Å². The molecule has 0 atom stereocenters. The molecule has 1 saturated heterocycles. The summed E-state index contributed by atoms with van der Waals surface area (Å²) in [5, 5.41) is 2.85. The van der Waals surface area contributed by atoms with Crippen LogP contribution in [0.1, 0.15) is 17.3 Å². The van der Waals surface area contributed by atoms with Crippen LogP contribution in [0.25, 0.3) is 0 Å². The van der Waals surface area contributed by atoms with Crippen molar-refractivity contribution in [1.82, 2.24) is 4.90 Å². The maximum Gasteiger partial charge on any atom is 0.322 e. The zero-order chi connectivity index (χ0) is 19.4. The first-order valence-corrected chi connectivity index (χ1v) is 8.74. The highest BCUT2D eigenvalue weighted by Crippen LogP contribution is 2.25. The molecule has 1 N–H and O–H groups in total. The fraction of sp³-hybridized carbons (Fsp3) is 0.300. The number of benzene rings is 2. The molecule has 7 heteroatoms. The van der Waals surface area contributed by atoms with E-state index >= 15 is 0 Å². The number of amides is 2. The van der Waals surface area contributed by atoms with Gasteiger partial charge < -0.3 is 19.9 Å². The number of hydrogen-bond donors (Lipinski definition) is 1. The molecule has 0 saturated carbocycles. The molecular weight excluding hydrogens is 349 g/mol. The van der Waals surface area contributed by atoms with Crippen molar-refractivity contribution in [3.05, 3.63) is 53.8 Å². The van der Waals surface area contributed by atoms with E-state index in [1.807, 2.05) is 17.0 Å². The Bertz CT molecular complexity index is 848. The van der Waals surface area contributed by atoms with Crippen molar-refractivity contribution < 1.29 is 18.7 Å². The van der Waals surface area contributed by atoms with E-state index in [9.17, 15) is 14.0 Å². The van der Waals surface area contributed by atoms with Gasteiger partial charge >= 0.3 is 6.03 Å². The number of nitrogens with one attached hydrogen (secondary N) is 1. The van der Waals surface area contributed by atoms with Gasteiger partial charge in [0.1, 0.15) is 11.6 Å². The number of carbonyl (C=O) groups is 2. The zero-order valence-electron chi connectivity index (χ0n) is 15.4. The number of halogens is 1. The van der Waals surface area contributed by atoms with Crippen LogP contribution >= 0.6 is 0 Å². The summed E-state index contributed by atoms with van der Waals surface area (Å²) in [6, 6.07) is 11.5. The quantitative estimate of drug-likeness (QED) is 0.837. The molecule has 3 rings (SSSR count). The van der Waals surface area contributed by atoms with Crippen LogP contribution < -0.4 is 15.0 Å². The average molecular weight is 371 g/mol. The molecule has 0 unspecified atom stereocenters. The van der Waals surface area contributed by atoms with Gasteiger partial charge in [-0.2, -0.15) is 0 Å². The number of urea groups is 1. The summed E-state index contributed by atoms with van der Waals surface area (Å²) in [5.74, 6) is 0.00465. The van der Waals surface area contributed by atoms with E-state index in [-0.39, 0.29) is 11.8 Å². The summed E-state index contributed by atoms with van der Waals surface area (Å²) in [4.78, 5) is 27.4. The van der Waals surface area contributed by atoms with Crippen molar-refractivity contribution in [1.29, 1.82) is 0 Å². The van der Waals surface area contributed by atoms with Crippen LogP contribution in [0.5, 0.6) is 5.75 Å². The van der Waals surface area contributed by atoms with Crippen LogP contribution in [0, 0.1) is 5.82 Å². The van der Waals surface area contributed by atoms with E-state index in [2.05, 4.69) is 5.32 Å². The molecule has 0 aliphatic carbocycles. The third kappa shape index (κ3) is 4.19. The van der Waals surface area contributed by atoms with E-state index < -0.39 is 5.82 Å². The van der Waals surface area contributed by atoms with Crippen LogP contribution in [0.3, 0.4) is 0 Å². The minimum absolute atomic E-state index is 0.168. The number of anilines is 2. The number of methoxy groups -OCH3 is 1. The molecule has 0 bridgehead atoms. The second-order valence-electron chi connectivity index (χ2n) is 6.33. The lowest BCUT2D eigenvalue weighted by atomic mass is 10.1. The van der Waals surface area contributed by atoms with Crippen LogP contribution in [0.2, 0.25) is 0 Å². The lowest BCUT2D eigenvalue weighted by molar-refractivity contribution is 0.101. The topological polar surface area (TPSA) is 61.9 Å². The van der Waals surface area contributed by atoms with E-state index in [1.165, 1.54) is 13.0 Å². The fourth-order valence-corrected chi connectivity index (χ4v) is 3.07. The first-order valence-electron chi connectivity index (χ1n) is 8.74. The number of Topliss-reactive ketones (excluding diaryl/α,β-unsaturated/α-hetero) is 1.